The maximum atomic E-state index is 3.39. The first kappa shape index (κ1) is 13.3. The third-order valence-corrected chi connectivity index (χ3v) is 2.39. The molecule has 90 valence electrons. The molecule has 0 fully saturated rings. The molecular weight excluding hydrogens is 206 g/mol. The normalized spacial score (nSPS) is 9.12. The van der Waals surface area contributed by atoms with Crippen molar-refractivity contribution in [2.24, 2.45) is 0 Å². The van der Waals surface area contributed by atoms with Crippen molar-refractivity contribution in [3.63, 3.8) is 0 Å². The number of benzene rings is 2. The van der Waals surface area contributed by atoms with E-state index in [0.29, 0.717) is 0 Å². The molecule has 2 aromatic carbocycles. The Hall–Kier alpha value is -1.76. The van der Waals surface area contributed by atoms with E-state index in [9.17, 15) is 0 Å². The minimum Gasteiger partial charge on any atom is -0.381 e. The summed E-state index contributed by atoms with van der Waals surface area (Å²) in [6.45, 7) is 6.98. The highest BCUT2D eigenvalue weighted by molar-refractivity contribution is 5.44. The number of anilines is 1. The first-order valence-corrected chi connectivity index (χ1v) is 6.19. The van der Waals surface area contributed by atoms with E-state index in [1.807, 2.05) is 19.9 Å². The Morgan fingerprint density at radius 1 is 0.824 bits per heavy atom. The van der Waals surface area contributed by atoms with Gasteiger partial charge in [-0.2, -0.15) is 0 Å². The van der Waals surface area contributed by atoms with Gasteiger partial charge in [0.05, 0.1) is 0 Å². The number of hydrogen-bond donors (Lipinski definition) is 1. The number of rotatable bonds is 3. The molecule has 0 saturated carbocycles. The minimum atomic E-state index is 0.879. The van der Waals surface area contributed by atoms with E-state index in [1.165, 1.54) is 16.8 Å². The van der Waals surface area contributed by atoms with E-state index in [0.717, 1.165) is 6.54 Å². The van der Waals surface area contributed by atoms with Gasteiger partial charge in [-0.15, -0.1) is 0 Å². The van der Waals surface area contributed by atoms with E-state index in [4.69, 9.17) is 0 Å². The van der Waals surface area contributed by atoms with Gasteiger partial charge in [0.15, 0.2) is 0 Å². The van der Waals surface area contributed by atoms with Gasteiger partial charge in [0.25, 0.3) is 0 Å². The van der Waals surface area contributed by atoms with Crippen LogP contribution in [0, 0.1) is 6.92 Å². The predicted molar refractivity (Wildman–Crippen MR) is 76.3 cm³/mol. The average molecular weight is 227 g/mol. The Morgan fingerprint density at radius 3 is 2.00 bits per heavy atom. The summed E-state index contributed by atoms with van der Waals surface area (Å²) in [4.78, 5) is 0. The van der Waals surface area contributed by atoms with Crippen LogP contribution in [-0.2, 0) is 6.54 Å². The largest absolute Gasteiger partial charge is 0.381 e. The minimum absolute atomic E-state index is 0.879. The molecule has 0 saturated heterocycles. The van der Waals surface area contributed by atoms with Gasteiger partial charge >= 0.3 is 0 Å². The number of hydrogen-bond acceptors (Lipinski definition) is 1. The number of aryl methyl sites for hydroxylation is 1. The molecule has 0 bridgehead atoms. The van der Waals surface area contributed by atoms with Gasteiger partial charge < -0.3 is 5.32 Å². The lowest BCUT2D eigenvalue weighted by Crippen LogP contribution is -1.98. The lowest BCUT2D eigenvalue weighted by atomic mass is 10.2. The summed E-state index contributed by atoms with van der Waals surface area (Å²) in [5, 5.41) is 3.39. The molecule has 2 aromatic rings. The van der Waals surface area contributed by atoms with Crippen LogP contribution in [0.25, 0.3) is 0 Å². The summed E-state index contributed by atoms with van der Waals surface area (Å²) in [5.74, 6) is 0. The summed E-state index contributed by atoms with van der Waals surface area (Å²) >= 11 is 0. The van der Waals surface area contributed by atoms with Crippen LogP contribution >= 0.6 is 0 Å². The number of nitrogens with one attached hydrogen (secondary N) is 1. The molecule has 0 aromatic heterocycles. The molecule has 0 spiro atoms. The van der Waals surface area contributed by atoms with Crippen molar-refractivity contribution in [2.45, 2.75) is 27.3 Å². The fourth-order valence-corrected chi connectivity index (χ4v) is 1.47. The Bertz CT molecular complexity index is 403. The van der Waals surface area contributed by atoms with Crippen molar-refractivity contribution in [3.05, 3.63) is 65.7 Å². The second-order valence-electron chi connectivity index (χ2n) is 3.71. The fourth-order valence-electron chi connectivity index (χ4n) is 1.47. The second kappa shape index (κ2) is 7.50. The van der Waals surface area contributed by atoms with Crippen molar-refractivity contribution in [1.29, 1.82) is 0 Å². The maximum absolute atomic E-state index is 3.39. The standard InChI is InChI=1S/C14H15N.C2H6/c1-12-7-9-14(10-8-12)15-11-13-5-3-2-4-6-13;1-2/h2-10,15H,11H2,1H3;1-2H3. The van der Waals surface area contributed by atoms with Crippen molar-refractivity contribution in [3.8, 4) is 0 Å². The van der Waals surface area contributed by atoms with Crippen LogP contribution < -0.4 is 5.32 Å². The van der Waals surface area contributed by atoms with E-state index >= 15 is 0 Å². The Balaban J connectivity index is 0.000000686. The topological polar surface area (TPSA) is 12.0 Å². The monoisotopic (exact) mass is 227 g/mol. The third-order valence-electron chi connectivity index (χ3n) is 2.39. The lowest BCUT2D eigenvalue weighted by Gasteiger charge is -2.06. The van der Waals surface area contributed by atoms with Crippen LogP contribution in [0.3, 0.4) is 0 Å². The summed E-state index contributed by atoms with van der Waals surface area (Å²) < 4.78 is 0. The predicted octanol–water partition coefficient (Wildman–Crippen LogP) is 4.63. The fraction of sp³-hybridized carbons (Fsp3) is 0.250. The van der Waals surface area contributed by atoms with Gasteiger partial charge in [-0.05, 0) is 24.6 Å². The summed E-state index contributed by atoms with van der Waals surface area (Å²) in [6.07, 6.45) is 0. The van der Waals surface area contributed by atoms with Crippen LogP contribution in [0.2, 0.25) is 0 Å². The Morgan fingerprint density at radius 2 is 1.41 bits per heavy atom. The molecule has 0 aliphatic carbocycles. The molecule has 0 atom stereocenters. The summed E-state index contributed by atoms with van der Waals surface area (Å²) in [7, 11) is 0. The SMILES string of the molecule is CC.Cc1ccc(NCc2ccccc2)cc1. The van der Waals surface area contributed by atoms with Gasteiger partial charge in [0.2, 0.25) is 0 Å². The zero-order valence-corrected chi connectivity index (χ0v) is 10.9. The zero-order valence-electron chi connectivity index (χ0n) is 10.9. The van der Waals surface area contributed by atoms with Gasteiger partial charge in [-0.25, -0.2) is 0 Å². The molecular formula is C16H21N. The van der Waals surface area contributed by atoms with Crippen LogP contribution in [0.15, 0.2) is 54.6 Å². The van der Waals surface area contributed by atoms with Crippen molar-refractivity contribution in [1.82, 2.24) is 0 Å². The van der Waals surface area contributed by atoms with Gasteiger partial charge in [0, 0.05) is 12.2 Å². The molecule has 0 amide bonds. The van der Waals surface area contributed by atoms with E-state index in [1.54, 1.807) is 0 Å². The summed E-state index contributed by atoms with van der Waals surface area (Å²) in [6, 6.07) is 18.9. The smallest absolute Gasteiger partial charge is 0.0400 e. The second-order valence-corrected chi connectivity index (χ2v) is 3.71. The van der Waals surface area contributed by atoms with Crippen LogP contribution in [0.4, 0.5) is 5.69 Å². The highest BCUT2D eigenvalue weighted by Crippen LogP contribution is 2.10. The zero-order chi connectivity index (χ0) is 12.5. The first-order valence-electron chi connectivity index (χ1n) is 6.19. The van der Waals surface area contributed by atoms with E-state index in [-0.39, 0.29) is 0 Å². The van der Waals surface area contributed by atoms with Gasteiger partial charge in [-0.3, -0.25) is 0 Å². The van der Waals surface area contributed by atoms with E-state index in [2.05, 4.69) is 60.8 Å². The third kappa shape index (κ3) is 4.73. The quantitative estimate of drug-likeness (QED) is 0.806. The molecule has 0 radical (unpaired) electrons. The molecule has 0 unspecified atom stereocenters. The van der Waals surface area contributed by atoms with Crippen LogP contribution in [-0.4, -0.2) is 0 Å². The molecule has 0 aliphatic heterocycles. The van der Waals surface area contributed by atoms with Crippen molar-refractivity contribution >= 4 is 5.69 Å². The highest BCUT2D eigenvalue weighted by atomic mass is 14.9. The maximum Gasteiger partial charge on any atom is 0.0400 e. The Kier molecular flexibility index (Phi) is 5.87. The first-order chi connectivity index (χ1) is 8.34. The van der Waals surface area contributed by atoms with Crippen LogP contribution in [0.5, 0.6) is 0 Å². The molecule has 1 heteroatoms. The molecule has 0 aliphatic rings. The Labute approximate surface area is 105 Å². The lowest BCUT2D eigenvalue weighted by molar-refractivity contribution is 1.15. The molecule has 17 heavy (non-hydrogen) atoms. The van der Waals surface area contributed by atoms with Crippen molar-refractivity contribution in [2.75, 3.05) is 5.32 Å². The molecule has 1 nitrogen and oxygen atoms in total. The van der Waals surface area contributed by atoms with E-state index < -0.39 is 0 Å². The molecule has 1 N–H and O–H groups in total. The van der Waals surface area contributed by atoms with Crippen LogP contribution in [0.1, 0.15) is 25.0 Å². The molecule has 2 rings (SSSR count). The van der Waals surface area contributed by atoms with Gasteiger partial charge in [0.1, 0.15) is 0 Å². The average Bonchev–Trinajstić information content (AvgIpc) is 2.42. The van der Waals surface area contributed by atoms with Crippen molar-refractivity contribution < 1.29 is 0 Å². The molecule has 0 heterocycles. The van der Waals surface area contributed by atoms with Gasteiger partial charge in [-0.1, -0.05) is 61.9 Å². The highest BCUT2D eigenvalue weighted by Gasteiger charge is 1.92. The summed E-state index contributed by atoms with van der Waals surface area (Å²) in [5.41, 5.74) is 3.77.